The smallest absolute Gasteiger partial charge is 0.282 e. The van der Waals surface area contributed by atoms with E-state index in [9.17, 15) is 4.79 Å². The van der Waals surface area contributed by atoms with E-state index in [2.05, 4.69) is 24.4 Å². The standard InChI is InChI=1S/C20H25ClN2O/c1-13-9-14(2)19(15(3)10-13)22-20(24)16(4)23(5)12-17-7-6-8-18(21)11-17/h6-11,16H,12H2,1-5H3,(H,22,24)/p+1/t16-/m0/s1. The van der Waals surface area contributed by atoms with Crippen molar-refractivity contribution in [1.82, 2.24) is 0 Å². The summed E-state index contributed by atoms with van der Waals surface area (Å²) < 4.78 is 0. The lowest BCUT2D eigenvalue weighted by molar-refractivity contribution is -0.907. The Hall–Kier alpha value is -1.84. The second-order valence-electron chi connectivity index (χ2n) is 6.64. The molecule has 1 amide bonds. The van der Waals surface area contributed by atoms with Gasteiger partial charge in [-0.2, -0.15) is 0 Å². The topological polar surface area (TPSA) is 33.5 Å². The largest absolute Gasteiger partial charge is 0.324 e. The van der Waals surface area contributed by atoms with Gasteiger partial charge in [-0.15, -0.1) is 0 Å². The van der Waals surface area contributed by atoms with Crippen molar-refractivity contribution in [3.63, 3.8) is 0 Å². The number of hydrogen-bond acceptors (Lipinski definition) is 1. The van der Waals surface area contributed by atoms with E-state index in [-0.39, 0.29) is 11.9 Å². The predicted molar refractivity (Wildman–Crippen MR) is 101 cm³/mol. The number of aryl methyl sites for hydroxylation is 3. The molecule has 0 aliphatic rings. The molecule has 2 atom stereocenters. The molecule has 24 heavy (non-hydrogen) atoms. The number of halogens is 1. The van der Waals surface area contributed by atoms with Crippen molar-refractivity contribution in [2.75, 3.05) is 12.4 Å². The van der Waals surface area contributed by atoms with Gasteiger partial charge in [0.1, 0.15) is 6.54 Å². The zero-order chi connectivity index (χ0) is 17.9. The van der Waals surface area contributed by atoms with Crippen LogP contribution in [0.3, 0.4) is 0 Å². The number of carbonyl (C=O) groups is 1. The lowest BCUT2D eigenvalue weighted by Gasteiger charge is -2.22. The fraction of sp³-hybridized carbons (Fsp3) is 0.350. The maximum Gasteiger partial charge on any atom is 0.282 e. The zero-order valence-corrected chi connectivity index (χ0v) is 15.8. The molecule has 0 aromatic heterocycles. The Balaban J connectivity index is 2.06. The van der Waals surface area contributed by atoms with E-state index in [1.165, 1.54) is 5.56 Å². The number of amides is 1. The number of quaternary nitrogens is 1. The monoisotopic (exact) mass is 345 g/mol. The number of carbonyl (C=O) groups excluding carboxylic acids is 1. The van der Waals surface area contributed by atoms with Crippen molar-refractivity contribution in [1.29, 1.82) is 0 Å². The summed E-state index contributed by atoms with van der Waals surface area (Å²) in [6.07, 6.45) is 0. The molecule has 0 fully saturated rings. The Morgan fingerprint density at radius 1 is 1.17 bits per heavy atom. The van der Waals surface area contributed by atoms with Gasteiger partial charge in [0.15, 0.2) is 6.04 Å². The summed E-state index contributed by atoms with van der Waals surface area (Å²) >= 11 is 6.04. The predicted octanol–water partition coefficient (Wildman–Crippen LogP) is 3.31. The van der Waals surface area contributed by atoms with E-state index in [1.807, 2.05) is 52.1 Å². The van der Waals surface area contributed by atoms with Gasteiger partial charge in [-0.1, -0.05) is 41.4 Å². The van der Waals surface area contributed by atoms with Crippen LogP contribution in [-0.2, 0) is 11.3 Å². The molecule has 2 aromatic carbocycles. The molecule has 1 unspecified atom stereocenters. The molecule has 2 N–H and O–H groups in total. The van der Waals surface area contributed by atoms with Gasteiger partial charge < -0.3 is 10.2 Å². The van der Waals surface area contributed by atoms with Crippen molar-refractivity contribution >= 4 is 23.2 Å². The fourth-order valence-electron chi connectivity index (χ4n) is 2.95. The van der Waals surface area contributed by atoms with Gasteiger partial charge in [0, 0.05) is 16.3 Å². The average molecular weight is 346 g/mol. The van der Waals surface area contributed by atoms with Gasteiger partial charge in [-0.25, -0.2) is 0 Å². The van der Waals surface area contributed by atoms with Crippen molar-refractivity contribution in [3.8, 4) is 0 Å². The minimum atomic E-state index is -0.163. The van der Waals surface area contributed by atoms with Crippen molar-refractivity contribution in [2.45, 2.75) is 40.3 Å². The Labute approximate surface area is 149 Å². The minimum Gasteiger partial charge on any atom is -0.324 e. The summed E-state index contributed by atoms with van der Waals surface area (Å²) in [5, 5.41) is 3.82. The molecule has 0 aliphatic heterocycles. The van der Waals surface area contributed by atoms with Crippen LogP contribution in [0.25, 0.3) is 0 Å². The summed E-state index contributed by atoms with van der Waals surface area (Å²) in [7, 11) is 2.03. The summed E-state index contributed by atoms with van der Waals surface area (Å²) in [5.74, 6) is 0.0320. The number of rotatable bonds is 5. The van der Waals surface area contributed by atoms with Crippen LogP contribution in [0.2, 0.25) is 5.02 Å². The van der Waals surface area contributed by atoms with Crippen LogP contribution in [0.1, 0.15) is 29.2 Å². The second kappa shape index (κ2) is 7.82. The summed E-state index contributed by atoms with van der Waals surface area (Å²) in [6.45, 7) is 8.83. The molecule has 128 valence electrons. The third-order valence-electron chi connectivity index (χ3n) is 4.43. The maximum absolute atomic E-state index is 12.6. The fourth-order valence-corrected chi connectivity index (χ4v) is 3.17. The third-order valence-corrected chi connectivity index (χ3v) is 4.66. The first kappa shape index (κ1) is 18.5. The highest BCUT2D eigenvalue weighted by molar-refractivity contribution is 6.30. The highest BCUT2D eigenvalue weighted by Gasteiger charge is 2.23. The molecule has 2 aromatic rings. The Morgan fingerprint density at radius 3 is 2.38 bits per heavy atom. The van der Waals surface area contributed by atoms with Crippen LogP contribution in [0.15, 0.2) is 36.4 Å². The van der Waals surface area contributed by atoms with Crippen LogP contribution >= 0.6 is 11.6 Å². The Bertz CT molecular complexity index is 719. The molecule has 0 spiro atoms. The molecular formula is C20H26ClN2O+. The quantitative estimate of drug-likeness (QED) is 0.856. The van der Waals surface area contributed by atoms with E-state index in [0.717, 1.165) is 38.8 Å². The lowest BCUT2D eigenvalue weighted by atomic mass is 10.0. The third kappa shape index (κ3) is 4.59. The molecular weight excluding hydrogens is 320 g/mol. The van der Waals surface area contributed by atoms with E-state index in [4.69, 9.17) is 11.6 Å². The zero-order valence-electron chi connectivity index (χ0n) is 15.0. The molecule has 0 bridgehead atoms. The Morgan fingerprint density at radius 2 is 1.79 bits per heavy atom. The van der Waals surface area contributed by atoms with Crippen molar-refractivity contribution in [3.05, 3.63) is 63.7 Å². The van der Waals surface area contributed by atoms with Gasteiger partial charge in [0.2, 0.25) is 0 Å². The van der Waals surface area contributed by atoms with Crippen LogP contribution < -0.4 is 10.2 Å². The van der Waals surface area contributed by atoms with Gasteiger partial charge in [0.25, 0.3) is 5.91 Å². The molecule has 0 aliphatic carbocycles. The first-order chi connectivity index (χ1) is 11.3. The highest BCUT2D eigenvalue weighted by atomic mass is 35.5. The van der Waals surface area contributed by atoms with E-state index in [1.54, 1.807) is 0 Å². The molecule has 2 rings (SSSR count). The number of nitrogens with one attached hydrogen (secondary N) is 2. The summed E-state index contributed by atoms with van der Waals surface area (Å²) in [6, 6.07) is 11.8. The average Bonchev–Trinajstić information content (AvgIpc) is 2.49. The van der Waals surface area contributed by atoms with Crippen LogP contribution in [0, 0.1) is 20.8 Å². The van der Waals surface area contributed by atoms with Gasteiger partial charge in [0.05, 0.1) is 7.05 Å². The highest BCUT2D eigenvalue weighted by Crippen LogP contribution is 2.21. The molecule has 0 saturated heterocycles. The molecule has 0 heterocycles. The van der Waals surface area contributed by atoms with Crippen molar-refractivity contribution in [2.24, 2.45) is 0 Å². The number of benzene rings is 2. The molecule has 3 nitrogen and oxygen atoms in total. The van der Waals surface area contributed by atoms with Crippen molar-refractivity contribution < 1.29 is 9.69 Å². The Kier molecular flexibility index (Phi) is 6.03. The van der Waals surface area contributed by atoms with Gasteiger partial charge >= 0.3 is 0 Å². The van der Waals surface area contributed by atoms with E-state index < -0.39 is 0 Å². The summed E-state index contributed by atoms with van der Waals surface area (Å²) in [5.41, 5.74) is 5.45. The SMILES string of the molecule is Cc1cc(C)c(NC(=O)[C@H](C)[NH+](C)Cc2cccc(Cl)c2)c(C)c1. The van der Waals surface area contributed by atoms with Crippen LogP contribution in [0.4, 0.5) is 5.69 Å². The minimum absolute atomic E-state index is 0.0320. The first-order valence-electron chi connectivity index (χ1n) is 8.23. The number of hydrogen-bond donors (Lipinski definition) is 2. The molecule has 0 saturated carbocycles. The van der Waals surface area contributed by atoms with Crippen LogP contribution in [0.5, 0.6) is 0 Å². The van der Waals surface area contributed by atoms with E-state index in [0.29, 0.717) is 0 Å². The number of anilines is 1. The first-order valence-corrected chi connectivity index (χ1v) is 8.61. The maximum atomic E-state index is 12.6. The van der Waals surface area contributed by atoms with E-state index >= 15 is 0 Å². The molecule has 0 radical (unpaired) electrons. The normalized spacial score (nSPS) is 13.4. The summed E-state index contributed by atoms with van der Waals surface area (Å²) in [4.78, 5) is 13.8. The number of likely N-dealkylation sites (N-methyl/N-ethyl adjacent to an activating group) is 1. The van der Waals surface area contributed by atoms with Gasteiger partial charge in [-0.3, -0.25) is 4.79 Å². The van der Waals surface area contributed by atoms with Gasteiger partial charge in [-0.05, 0) is 51.0 Å². The molecule has 4 heteroatoms. The van der Waals surface area contributed by atoms with Crippen LogP contribution in [-0.4, -0.2) is 19.0 Å². The lowest BCUT2D eigenvalue weighted by Crippen LogP contribution is -3.12. The second-order valence-corrected chi connectivity index (χ2v) is 7.07.